The van der Waals surface area contributed by atoms with Crippen molar-refractivity contribution in [2.45, 2.75) is 0 Å². The Morgan fingerprint density at radius 3 is 2.50 bits per heavy atom. The zero-order chi connectivity index (χ0) is 12.1. The van der Waals surface area contributed by atoms with Crippen molar-refractivity contribution in [2.75, 3.05) is 0 Å². The lowest BCUT2D eigenvalue weighted by Gasteiger charge is -2.03. The van der Waals surface area contributed by atoms with Crippen LogP contribution in [0.3, 0.4) is 0 Å². The molecule has 0 aliphatic heterocycles. The van der Waals surface area contributed by atoms with Crippen LogP contribution in [0, 0.1) is 0 Å². The van der Waals surface area contributed by atoms with Gasteiger partial charge in [0.15, 0.2) is 5.71 Å². The van der Waals surface area contributed by atoms with Crippen molar-refractivity contribution in [3.8, 4) is 0 Å². The lowest BCUT2D eigenvalue weighted by atomic mass is 10.1. The second-order valence-corrected chi connectivity index (χ2v) is 3.58. The van der Waals surface area contributed by atoms with Crippen LogP contribution in [0.15, 0.2) is 33.8 Å². The third-order valence-corrected chi connectivity index (χ3v) is 2.30. The number of benzene rings is 1. The molecule has 84 valence electrons. The average molecular weight is 286 g/mol. The van der Waals surface area contributed by atoms with E-state index in [1.165, 1.54) is 0 Å². The van der Waals surface area contributed by atoms with Gasteiger partial charge in [0.1, 0.15) is 0 Å². The number of hydrogen-bond donors (Lipinski definition) is 3. The molecule has 0 saturated carbocycles. The van der Waals surface area contributed by atoms with Gasteiger partial charge in [-0.2, -0.15) is 5.10 Å². The van der Waals surface area contributed by atoms with Crippen LogP contribution in [-0.2, 0) is 4.79 Å². The Labute approximate surface area is 99.3 Å². The van der Waals surface area contributed by atoms with Gasteiger partial charge in [-0.15, -0.1) is 0 Å². The van der Waals surface area contributed by atoms with E-state index in [4.69, 9.17) is 10.8 Å². The van der Waals surface area contributed by atoms with Crippen LogP contribution >= 0.6 is 15.9 Å². The van der Waals surface area contributed by atoms with E-state index in [1.807, 2.05) is 5.43 Å². The number of hydrazone groups is 1. The minimum absolute atomic E-state index is 0.300. The van der Waals surface area contributed by atoms with Crippen LogP contribution < -0.4 is 11.2 Å². The maximum Gasteiger partial charge on any atom is 0.357 e. The summed E-state index contributed by atoms with van der Waals surface area (Å²) in [5.74, 6) is -1.26. The van der Waals surface area contributed by atoms with Crippen molar-refractivity contribution in [1.29, 1.82) is 0 Å². The highest BCUT2D eigenvalue weighted by molar-refractivity contribution is 9.10. The van der Waals surface area contributed by atoms with Crippen LogP contribution in [0.25, 0.3) is 0 Å². The van der Waals surface area contributed by atoms with E-state index in [0.717, 1.165) is 0 Å². The Morgan fingerprint density at radius 1 is 1.38 bits per heavy atom. The zero-order valence-electron chi connectivity index (χ0n) is 7.98. The smallest absolute Gasteiger partial charge is 0.357 e. The number of aliphatic carboxylic acids is 1. The van der Waals surface area contributed by atoms with E-state index < -0.39 is 12.0 Å². The number of nitrogens with two attached hydrogens (primary N) is 1. The number of carbonyl (C=O) groups is 2. The molecular formula is C9H8BrN3O3. The van der Waals surface area contributed by atoms with Gasteiger partial charge in [0.2, 0.25) is 0 Å². The molecule has 2 amide bonds. The molecule has 1 aromatic carbocycles. The molecule has 0 aliphatic rings. The summed E-state index contributed by atoms with van der Waals surface area (Å²) in [5.41, 5.74) is 6.72. The highest BCUT2D eigenvalue weighted by atomic mass is 79.9. The predicted molar refractivity (Wildman–Crippen MR) is 61.0 cm³/mol. The molecule has 0 heterocycles. The van der Waals surface area contributed by atoms with Crippen molar-refractivity contribution >= 4 is 33.6 Å². The van der Waals surface area contributed by atoms with E-state index in [2.05, 4.69) is 21.0 Å². The number of urea groups is 1. The van der Waals surface area contributed by atoms with Crippen LogP contribution in [0.5, 0.6) is 0 Å². The van der Waals surface area contributed by atoms with Crippen molar-refractivity contribution in [3.05, 3.63) is 34.3 Å². The first kappa shape index (κ1) is 12.2. The van der Waals surface area contributed by atoms with Gasteiger partial charge in [0.05, 0.1) is 0 Å². The van der Waals surface area contributed by atoms with Gasteiger partial charge < -0.3 is 10.8 Å². The highest BCUT2D eigenvalue weighted by Crippen LogP contribution is 2.16. The fourth-order valence-electron chi connectivity index (χ4n) is 0.988. The third kappa shape index (κ3) is 3.06. The van der Waals surface area contributed by atoms with E-state index in [-0.39, 0.29) is 5.71 Å². The largest absolute Gasteiger partial charge is 0.476 e. The van der Waals surface area contributed by atoms with Gasteiger partial charge in [0, 0.05) is 10.0 Å². The molecule has 0 spiro atoms. The van der Waals surface area contributed by atoms with Gasteiger partial charge in [-0.05, 0) is 6.07 Å². The summed E-state index contributed by atoms with van der Waals surface area (Å²) in [5, 5.41) is 12.3. The van der Waals surface area contributed by atoms with Gasteiger partial charge in [-0.1, -0.05) is 34.1 Å². The standard InChI is InChI=1S/C9H8BrN3O3/c10-6-4-2-1-3-5(6)7(8(14)15)12-13-9(11)16/h1-4H,(H,14,15)(H3,11,13,16)/b12-7+. The molecule has 0 fully saturated rings. The van der Waals surface area contributed by atoms with Gasteiger partial charge >= 0.3 is 12.0 Å². The molecule has 0 atom stereocenters. The van der Waals surface area contributed by atoms with Crippen molar-refractivity contribution < 1.29 is 14.7 Å². The van der Waals surface area contributed by atoms with Crippen LogP contribution in [0.4, 0.5) is 4.79 Å². The van der Waals surface area contributed by atoms with E-state index >= 15 is 0 Å². The SMILES string of the molecule is NC(=O)N/N=C(/C(=O)O)c1ccccc1Br. The number of carboxylic acid groups (broad SMARTS) is 1. The predicted octanol–water partition coefficient (Wildman–Crippen LogP) is 0.906. The number of nitrogens with zero attached hydrogens (tertiary/aromatic N) is 1. The average Bonchev–Trinajstić information content (AvgIpc) is 2.20. The number of carbonyl (C=O) groups excluding carboxylic acids is 1. The molecule has 0 radical (unpaired) electrons. The molecule has 7 heteroatoms. The molecular weight excluding hydrogens is 278 g/mol. The van der Waals surface area contributed by atoms with Crippen molar-refractivity contribution in [1.82, 2.24) is 5.43 Å². The van der Waals surface area contributed by atoms with Gasteiger partial charge in [-0.3, -0.25) is 0 Å². The Hall–Kier alpha value is -1.89. The fourth-order valence-corrected chi connectivity index (χ4v) is 1.46. The third-order valence-electron chi connectivity index (χ3n) is 1.61. The van der Waals surface area contributed by atoms with Crippen molar-refractivity contribution in [3.63, 3.8) is 0 Å². The first-order valence-corrected chi connectivity index (χ1v) is 4.93. The summed E-state index contributed by atoms with van der Waals surface area (Å²) < 4.78 is 0.558. The molecule has 0 unspecified atom stereocenters. The lowest BCUT2D eigenvalue weighted by Crippen LogP contribution is -2.28. The summed E-state index contributed by atoms with van der Waals surface area (Å²) in [4.78, 5) is 21.4. The topological polar surface area (TPSA) is 105 Å². The van der Waals surface area contributed by atoms with Crippen LogP contribution in [0.1, 0.15) is 5.56 Å². The Kier molecular flexibility index (Phi) is 4.01. The Bertz CT molecular complexity index is 459. The maximum absolute atomic E-state index is 10.9. The van der Waals surface area contributed by atoms with E-state index in [0.29, 0.717) is 10.0 Å². The summed E-state index contributed by atoms with van der Waals surface area (Å²) >= 11 is 3.18. The van der Waals surface area contributed by atoms with Gasteiger partial charge in [-0.25, -0.2) is 15.0 Å². The molecule has 1 rings (SSSR count). The summed E-state index contributed by atoms with van der Waals surface area (Å²) in [7, 11) is 0. The van der Waals surface area contributed by atoms with Crippen LogP contribution in [0.2, 0.25) is 0 Å². The number of nitrogens with one attached hydrogen (secondary N) is 1. The lowest BCUT2D eigenvalue weighted by molar-refractivity contribution is -0.129. The molecule has 0 aromatic heterocycles. The molecule has 6 nitrogen and oxygen atoms in total. The zero-order valence-corrected chi connectivity index (χ0v) is 9.56. The minimum atomic E-state index is -1.26. The molecule has 0 bridgehead atoms. The molecule has 16 heavy (non-hydrogen) atoms. The highest BCUT2D eigenvalue weighted by Gasteiger charge is 2.15. The first-order chi connectivity index (χ1) is 7.52. The van der Waals surface area contributed by atoms with Crippen LogP contribution in [-0.4, -0.2) is 22.8 Å². The minimum Gasteiger partial charge on any atom is -0.476 e. The van der Waals surface area contributed by atoms with Crippen molar-refractivity contribution in [2.24, 2.45) is 10.8 Å². The number of primary amides is 1. The summed E-state index contributed by atoms with van der Waals surface area (Å²) in [6.07, 6.45) is 0. The number of halogens is 1. The molecule has 1 aromatic rings. The number of amides is 2. The summed E-state index contributed by atoms with van der Waals surface area (Å²) in [6.45, 7) is 0. The number of hydrogen-bond acceptors (Lipinski definition) is 3. The second kappa shape index (κ2) is 5.26. The first-order valence-electron chi connectivity index (χ1n) is 4.13. The maximum atomic E-state index is 10.9. The second-order valence-electron chi connectivity index (χ2n) is 2.72. The molecule has 4 N–H and O–H groups in total. The Morgan fingerprint density at radius 2 is 2.00 bits per heavy atom. The number of carboxylic acids is 1. The molecule has 0 aliphatic carbocycles. The quantitative estimate of drug-likeness (QED) is 0.568. The van der Waals surface area contributed by atoms with E-state index in [9.17, 15) is 9.59 Å². The monoisotopic (exact) mass is 285 g/mol. The summed E-state index contributed by atoms with van der Waals surface area (Å²) in [6, 6.07) is 5.68. The number of rotatable bonds is 3. The normalized spacial score (nSPS) is 10.9. The Balaban J connectivity index is 3.13. The molecule has 0 saturated heterocycles. The fraction of sp³-hybridized carbons (Fsp3) is 0. The van der Waals surface area contributed by atoms with Gasteiger partial charge in [0.25, 0.3) is 0 Å². The van der Waals surface area contributed by atoms with E-state index in [1.54, 1.807) is 24.3 Å².